The number of hydrogen-bond donors (Lipinski definition) is 1. The van der Waals surface area contributed by atoms with Crippen LogP contribution in [0.1, 0.15) is 63.5 Å². The van der Waals surface area contributed by atoms with E-state index in [-0.39, 0.29) is 16.7 Å². The van der Waals surface area contributed by atoms with Crippen LogP contribution in [0.4, 0.5) is 11.4 Å². The zero-order valence-corrected chi connectivity index (χ0v) is 13.7. The molecule has 0 spiro atoms. The van der Waals surface area contributed by atoms with Crippen LogP contribution < -0.4 is 5.32 Å². The van der Waals surface area contributed by atoms with Crippen molar-refractivity contribution in [3.63, 3.8) is 0 Å². The summed E-state index contributed by atoms with van der Waals surface area (Å²) >= 11 is 0. The Bertz CT molecular complexity index is 472. The summed E-state index contributed by atoms with van der Waals surface area (Å²) in [5.74, 6) is 0. The summed E-state index contributed by atoms with van der Waals surface area (Å²) in [5, 5.41) is 14.5. The number of benzene rings is 1. The minimum absolute atomic E-state index is 0.177. The molecule has 0 aliphatic rings. The van der Waals surface area contributed by atoms with Crippen molar-refractivity contribution in [1.82, 2.24) is 0 Å². The van der Waals surface area contributed by atoms with Gasteiger partial charge in [-0.1, -0.05) is 39.0 Å². The molecule has 118 valence electrons. The molecular formula is C17H28N2O2. The predicted octanol–water partition coefficient (Wildman–Crippen LogP) is 5.37. The molecule has 0 radical (unpaired) electrons. The van der Waals surface area contributed by atoms with Crippen LogP contribution in [0.2, 0.25) is 0 Å². The highest BCUT2D eigenvalue weighted by Crippen LogP contribution is 2.29. The van der Waals surface area contributed by atoms with Crippen molar-refractivity contribution in [3.05, 3.63) is 33.4 Å². The Balaban J connectivity index is 2.60. The maximum absolute atomic E-state index is 11.2. The van der Waals surface area contributed by atoms with Gasteiger partial charge in [0.15, 0.2) is 0 Å². The topological polar surface area (TPSA) is 55.2 Å². The SMILES string of the molecule is CCCCCCCC(C)Nc1cc(C)c(C)cc1[N+](=O)[O-]. The quantitative estimate of drug-likeness (QED) is 0.378. The van der Waals surface area contributed by atoms with Crippen molar-refractivity contribution in [2.75, 3.05) is 5.32 Å². The van der Waals surface area contributed by atoms with Gasteiger partial charge in [-0.25, -0.2) is 0 Å². The molecule has 0 fully saturated rings. The summed E-state index contributed by atoms with van der Waals surface area (Å²) in [6, 6.07) is 3.81. The van der Waals surface area contributed by atoms with E-state index < -0.39 is 0 Å². The molecule has 21 heavy (non-hydrogen) atoms. The number of aryl methyl sites for hydroxylation is 2. The first-order valence-electron chi connectivity index (χ1n) is 7.97. The van der Waals surface area contributed by atoms with Gasteiger partial charge in [0, 0.05) is 12.1 Å². The summed E-state index contributed by atoms with van der Waals surface area (Å²) < 4.78 is 0. The molecule has 0 amide bonds. The second-order valence-electron chi connectivity index (χ2n) is 5.96. The monoisotopic (exact) mass is 292 g/mol. The van der Waals surface area contributed by atoms with Gasteiger partial charge in [0.2, 0.25) is 0 Å². The van der Waals surface area contributed by atoms with Crippen molar-refractivity contribution < 1.29 is 4.92 Å². The van der Waals surface area contributed by atoms with Gasteiger partial charge in [0.05, 0.1) is 4.92 Å². The molecule has 1 aromatic carbocycles. The molecule has 0 saturated carbocycles. The van der Waals surface area contributed by atoms with E-state index >= 15 is 0 Å². The third-order valence-electron chi connectivity index (χ3n) is 3.95. The molecule has 0 bridgehead atoms. The Morgan fingerprint density at radius 2 is 1.76 bits per heavy atom. The molecule has 0 aromatic heterocycles. The maximum Gasteiger partial charge on any atom is 0.292 e. The fourth-order valence-corrected chi connectivity index (χ4v) is 2.46. The van der Waals surface area contributed by atoms with Crippen molar-refractivity contribution in [3.8, 4) is 0 Å². The lowest BCUT2D eigenvalue weighted by atomic mass is 10.1. The molecule has 0 aliphatic carbocycles. The first-order chi connectivity index (χ1) is 9.95. The molecule has 1 rings (SSSR count). The van der Waals surface area contributed by atoms with E-state index in [1.807, 2.05) is 19.9 Å². The minimum Gasteiger partial charge on any atom is -0.377 e. The maximum atomic E-state index is 11.2. The molecule has 1 aromatic rings. The standard InChI is InChI=1S/C17H28N2O2/c1-5-6-7-8-9-10-15(4)18-16-11-13(2)14(3)12-17(16)19(20)21/h11-12,15,18H,5-10H2,1-4H3. The van der Waals surface area contributed by atoms with E-state index in [2.05, 4.69) is 19.2 Å². The normalized spacial score (nSPS) is 12.2. The highest BCUT2D eigenvalue weighted by molar-refractivity contribution is 5.64. The van der Waals surface area contributed by atoms with Crippen molar-refractivity contribution in [2.45, 2.75) is 72.3 Å². The number of nitro benzene ring substituents is 1. The van der Waals surface area contributed by atoms with Gasteiger partial charge in [-0.3, -0.25) is 10.1 Å². The van der Waals surface area contributed by atoms with Gasteiger partial charge >= 0.3 is 0 Å². The third kappa shape index (κ3) is 5.74. The van der Waals surface area contributed by atoms with Crippen LogP contribution in [0.5, 0.6) is 0 Å². The molecule has 0 heterocycles. The number of hydrogen-bond acceptors (Lipinski definition) is 3. The number of nitrogens with zero attached hydrogens (tertiary/aromatic N) is 1. The average molecular weight is 292 g/mol. The zero-order chi connectivity index (χ0) is 15.8. The summed E-state index contributed by atoms with van der Waals surface area (Å²) in [4.78, 5) is 10.9. The molecule has 1 N–H and O–H groups in total. The van der Waals surface area contributed by atoms with Gasteiger partial charge in [0.25, 0.3) is 5.69 Å². The summed E-state index contributed by atoms with van der Waals surface area (Å²) in [5.41, 5.74) is 2.86. The molecule has 1 atom stereocenters. The van der Waals surface area contributed by atoms with E-state index in [0.29, 0.717) is 5.69 Å². The predicted molar refractivity (Wildman–Crippen MR) is 89.0 cm³/mol. The Morgan fingerprint density at radius 1 is 1.14 bits per heavy atom. The largest absolute Gasteiger partial charge is 0.377 e. The van der Waals surface area contributed by atoms with Crippen LogP contribution >= 0.6 is 0 Å². The van der Waals surface area contributed by atoms with Crippen LogP contribution in [0.25, 0.3) is 0 Å². The number of nitro groups is 1. The number of unbranched alkanes of at least 4 members (excludes halogenated alkanes) is 4. The van der Waals surface area contributed by atoms with E-state index in [0.717, 1.165) is 17.5 Å². The van der Waals surface area contributed by atoms with E-state index in [1.165, 1.54) is 32.1 Å². The van der Waals surface area contributed by atoms with E-state index in [4.69, 9.17) is 0 Å². The lowest BCUT2D eigenvalue weighted by Crippen LogP contribution is -2.16. The molecular weight excluding hydrogens is 264 g/mol. The Labute approximate surface area is 128 Å². The van der Waals surface area contributed by atoms with Gasteiger partial charge < -0.3 is 5.32 Å². The smallest absolute Gasteiger partial charge is 0.292 e. The number of rotatable bonds is 9. The summed E-state index contributed by atoms with van der Waals surface area (Å²) in [7, 11) is 0. The fraction of sp³-hybridized carbons (Fsp3) is 0.647. The van der Waals surface area contributed by atoms with Gasteiger partial charge in [-0.05, 0) is 44.4 Å². The van der Waals surface area contributed by atoms with Crippen molar-refractivity contribution >= 4 is 11.4 Å². The summed E-state index contributed by atoms with van der Waals surface area (Å²) in [6.07, 6.45) is 7.30. The summed E-state index contributed by atoms with van der Waals surface area (Å²) in [6.45, 7) is 8.20. The van der Waals surface area contributed by atoms with Gasteiger partial charge in [-0.15, -0.1) is 0 Å². The molecule has 0 saturated heterocycles. The number of nitrogens with one attached hydrogen (secondary N) is 1. The van der Waals surface area contributed by atoms with Crippen LogP contribution in [-0.2, 0) is 0 Å². The zero-order valence-electron chi connectivity index (χ0n) is 13.7. The van der Waals surface area contributed by atoms with E-state index in [9.17, 15) is 10.1 Å². The van der Waals surface area contributed by atoms with Gasteiger partial charge in [-0.2, -0.15) is 0 Å². The van der Waals surface area contributed by atoms with Crippen molar-refractivity contribution in [2.24, 2.45) is 0 Å². The Morgan fingerprint density at radius 3 is 2.38 bits per heavy atom. The first-order valence-corrected chi connectivity index (χ1v) is 7.97. The molecule has 0 aliphatic heterocycles. The van der Waals surface area contributed by atoms with Crippen LogP contribution in [0.15, 0.2) is 12.1 Å². The van der Waals surface area contributed by atoms with Crippen molar-refractivity contribution in [1.29, 1.82) is 0 Å². The highest BCUT2D eigenvalue weighted by atomic mass is 16.6. The van der Waals surface area contributed by atoms with Crippen LogP contribution in [-0.4, -0.2) is 11.0 Å². The lowest BCUT2D eigenvalue weighted by Gasteiger charge is -2.16. The lowest BCUT2D eigenvalue weighted by molar-refractivity contribution is -0.384. The Kier molecular flexibility index (Phi) is 7.20. The molecule has 4 heteroatoms. The van der Waals surface area contributed by atoms with Gasteiger partial charge in [0.1, 0.15) is 5.69 Å². The first kappa shape index (κ1) is 17.5. The highest BCUT2D eigenvalue weighted by Gasteiger charge is 2.16. The second kappa shape index (κ2) is 8.65. The Hall–Kier alpha value is -1.58. The fourth-order valence-electron chi connectivity index (χ4n) is 2.46. The second-order valence-corrected chi connectivity index (χ2v) is 5.96. The van der Waals surface area contributed by atoms with Crippen LogP contribution in [0.3, 0.4) is 0 Å². The molecule has 4 nitrogen and oxygen atoms in total. The average Bonchev–Trinajstić information content (AvgIpc) is 2.42. The third-order valence-corrected chi connectivity index (χ3v) is 3.95. The number of anilines is 1. The molecule has 1 unspecified atom stereocenters. The minimum atomic E-state index is -0.303. The van der Waals surface area contributed by atoms with Crippen LogP contribution in [0, 0.1) is 24.0 Å². The van der Waals surface area contributed by atoms with E-state index in [1.54, 1.807) is 6.07 Å².